The molecule has 0 fully saturated rings. The third-order valence-corrected chi connectivity index (χ3v) is 10.6. The summed E-state index contributed by atoms with van der Waals surface area (Å²) in [7, 11) is 0. The summed E-state index contributed by atoms with van der Waals surface area (Å²) in [5.74, 6) is -71.4. The summed E-state index contributed by atoms with van der Waals surface area (Å²) in [5, 5.41) is 9.08. The standard InChI is InChI=1S/C24BF20.C15H11N2S/c26-5-1(6(27)14(35)21(42)13(5)34)25(2-7(28)15(36)22(43)16(37)8(2)29,3-9(30)17(38)23(44)18(39)10(3)31)4-11(32)19(40)24(45)20(41)12(4)33;16-9-13-7-4-8-14-15(13)18-11-17(14)10-12-5-2-1-3-6-12/h;1-8,11H,10H2/q-1;+1. The lowest BCUT2D eigenvalue weighted by Crippen LogP contribution is -2.81. The molecule has 2 nitrogen and oxygen atoms in total. The number of hydrogen-bond acceptors (Lipinski definition) is 2. The highest BCUT2D eigenvalue weighted by Gasteiger charge is 2.52. The van der Waals surface area contributed by atoms with Crippen LogP contribution in [0.4, 0.5) is 87.8 Å². The molecule has 0 aliphatic carbocycles. The van der Waals surface area contributed by atoms with Crippen LogP contribution in [-0.4, -0.2) is 6.15 Å². The number of aromatic nitrogens is 1. The maximum atomic E-state index is 15.4. The topological polar surface area (TPSA) is 27.7 Å². The molecule has 24 heteroatoms. The van der Waals surface area contributed by atoms with Crippen LogP contribution in [0.3, 0.4) is 0 Å². The molecule has 0 saturated heterocycles. The van der Waals surface area contributed by atoms with Crippen molar-refractivity contribution >= 4 is 49.6 Å². The van der Waals surface area contributed by atoms with Crippen LogP contribution in [0.25, 0.3) is 10.2 Å². The van der Waals surface area contributed by atoms with Gasteiger partial charge in [-0.05, 0) is 6.07 Å². The highest BCUT2D eigenvalue weighted by molar-refractivity contribution is 7.20. The van der Waals surface area contributed by atoms with E-state index in [0.717, 1.165) is 22.3 Å². The molecule has 0 atom stereocenters. The molecular weight excluding hydrogens is 919 g/mol. The van der Waals surface area contributed by atoms with E-state index in [9.17, 15) is 52.7 Å². The van der Waals surface area contributed by atoms with Gasteiger partial charge in [-0.1, -0.05) is 47.7 Å². The second-order valence-corrected chi connectivity index (χ2v) is 13.8. The zero-order valence-electron chi connectivity index (χ0n) is 29.8. The number of rotatable bonds is 6. The van der Waals surface area contributed by atoms with Crippen LogP contribution in [0.5, 0.6) is 0 Å². The van der Waals surface area contributed by atoms with Crippen molar-refractivity contribution < 1.29 is 92.4 Å². The van der Waals surface area contributed by atoms with E-state index < -0.39 is 144 Å². The molecule has 7 aromatic rings. The van der Waals surface area contributed by atoms with E-state index in [4.69, 9.17) is 5.26 Å². The Hall–Kier alpha value is -6.64. The van der Waals surface area contributed by atoms with Crippen LogP contribution in [0.15, 0.2) is 54.0 Å². The van der Waals surface area contributed by atoms with Gasteiger partial charge in [0.1, 0.15) is 63.5 Å². The van der Waals surface area contributed by atoms with Gasteiger partial charge in [-0.15, -0.1) is 21.9 Å². The quantitative estimate of drug-likeness (QED) is 0.0539. The first-order chi connectivity index (χ1) is 29.6. The van der Waals surface area contributed by atoms with E-state index in [1.807, 2.05) is 30.3 Å². The van der Waals surface area contributed by atoms with Gasteiger partial charge in [0.05, 0.1) is 5.56 Å². The minimum absolute atomic E-state index is 0.754. The van der Waals surface area contributed by atoms with E-state index >= 15 is 35.1 Å². The molecule has 0 bridgehead atoms. The monoisotopic (exact) mass is 930 g/mol. The van der Waals surface area contributed by atoms with Crippen molar-refractivity contribution in [2.45, 2.75) is 6.54 Å². The summed E-state index contributed by atoms with van der Waals surface area (Å²) in [6, 6.07) is 18.5. The van der Waals surface area contributed by atoms with Gasteiger partial charge < -0.3 is 0 Å². The first-order valence-corrected chi connectivity index (χ1v) is 17.5. The predicted molar refractivity (Wildman–Crippen MR) is 181 cm³/mol. The van der Waals surface area contributed by atoms with Crippen LogP contribution in [-0.2, 0) is 6.54 Å². The molecule has 0 N–H and O–H groups in total. The number of benzene rings is 6. The highest BCUT2D eigenvalue weighted by Crippen LogP contribution is 2.31. The van der Waals surface area contributed by atoms with Gasteiger partial charge in [0, 0.05) is 11.6 Å². The molecule has 0 amide bonds. The first kappa shape index (κ1) is 45.9. The van der Waals surface area contributed by atoms with Crippen LogP contribution in [0, 0.1) is 128 Å². The Labute approximate surface area is 341 Å². The van der Waals surface area contributed by atoms with Gasteiger partial charge in [-0.3, -0.25) is 0 Å². The molecule has 0 unspecified atom stereocenters. The van der Waals surface area contributed by atoms with Crippen LogP contribution in [0.2, 0.25) is 0 Å². The number of halogens is 20. The molecule has 6 aromatic carbocycles. The van der Waals surface area contributed by atoms with Crippen molar-refractivity contribution in [3.05, 3.63) is 182 Å². The Bertz CT molecular complexity index is 2680. The summed E-state index contributed by atoms with van der Waals surface area (Å²) in [6.45, 7) is 0.843. The highest BCUT2D eigenvalue weighted by atomic mass is 32.1. The Morgan fingerprint density at radius 2 is 0.698 bits per heavy atom. The summed E-state index contributed by atoms with van der Waals surface area (Å²) in [4.78, 5) is 0. The fourth-order valence-electron chi connectivity index (χ4n) is 6.91. The van der Waals surface area contributed by atoms with Crippen molar-refractivity contribution in [3.63, 3.8) is 0 Å². The second kappa shape index (κ2) is 16.9. The summed E-state index contributed by atoms with van der Waals surface area (Å²) in [6.07, 6.45) is -7.22. The molecule has 1 heterocycles. The Morgan fingerprint density at radius 1 is 0.397 bits per heavy atom. The van der Waals surface area contributed by atoms with Crippen LogP contribution in [0.1, 0.15) is 11.1 Å². The molecule has 7 rings (SSSR count). The molecule has 0 saturated carbocycles. The van der Waals surface area contributed by atoms with E-state index in [1.54, 1.807) is 11.3 Å². The normalized spacial score (nSPS) is 11.5. The Kier molecular flexibility index (Phi) is 12.3. The number of thiazole rings is 1. The van der Waals surface area contributed by atoms with Crippen LogP contribution >= 0.6 is 11.3 Å². The predicted octanol–water partition coefficient (Wildman–Crippen LogP) is 8.95. The third kappa shape index (κ3) is 6.97. The lowest BCUT2D eigenvalue weighted by Gasteiger charge is -2.44. The lowest BCUT2D eigenvalue weighted by atomic mass is 9.12. The third-order valence-electron chi connectivity index (χ3n) is 9.62. The molecule has 63 heavy (non-hydrogen) atoms. The van der Waals surface area contributed by atoms with E-state index in [-0.39, 0.29) is 0 Å². The van der Waals surface area contributed by atoms with Gasteiger partial charge in [0.2, 0.25) is 11.0 Å². The van der Waals surface area contributed by atoms with Crippen molar-refractivity contribution in [2.75, 3.05) is 0 Å². The first-order valence-electron chi connectivity index (χ1n) is 16.7. The summed E-state index contributed by atoms with van der Waals surface area (Å²) < 4.78 is 297. The largest absolute Gasteiger partial charge is 0.226 e. The average molecular weight is 930 g/mol. The molecule has 0 radical (unpaired) electrons. The molecular formula is C39H11BF20N2S. The Morgan fingerprint density at radius 3 is 1.00 bits per heavy atom. The molecule has 0 aliphatic heterocycles. The zero-order valence-corrected chi connectivity index (χ0v) is 30.7. The second-order valence-electron chi connectivity index (χ2n) is 12.9. The van der Waals surface area contributed by atoms with Crippen molar-refractivity contribution in [1.29, 1.82) is 5.26 Å². The lowest BCUT2D eigenvalue weighted by molar-refractivity contribution is -0.658. The zero-order chi connectivity index (χ0) is 46.7. The van der Waals surface area contributed by atoms with Crippen LogP contribution < -0.4 is 26.4 Å². The van der Waals surface area contributed by atoms with Gasteiger partial charge in [-0.2, -0.15) is 9.83 Å². The number of fused-ring (bicyclic) bond motifs is 1. The fourth-order valence-corrected chi connectivity index (χ4v) is 7.88. The molecule has 0 spiro atoms. The van der Waals surface area contributed by atoms with E-state index in [1.165, 1.54) is 5.56 Å². The SMILES string of the molecule is Fc1c(F)c(F)c([B-](c2c(F)c(F)c(F)c(F)c2F)(c2c(F)c(F)c(F)c(F)c2F)c2c(F)c(F)c(F)c(F)c2F)c(F)c1F.N#Cc1cccc2c1sc[n+]2Cc1ccccc1. The van der Waals surface area contributed by atoms with E-state index in [0.29, 0.717) is 0 Å². The van der Waals surface area contributed by atoms with Gasteiger partial charge in [0.15, 0.2) is 76.4 Å². The Balaban J connectivity index is 0.000000302. The molecule has 1 aromatic heterocycles. The maximum Gasteiger partial charge on any atom is 0.226 e. The van der Waals surface area contributed by atoms with Crippen molar-refractivity contribution in [2.24, 2.45) is 0 Å². The number of nitriles is 1. The maximum absolute atomic E-state index is 15.4. The summed E-state index contributed by atoms with van der Waals surface area (Å²) in [5.41, 5.74) is -9.10. The van der Waals surface area contributed by atoms with Crippen molar-refractivity contribution in [1.82, 2.24) is 0 Å². The summed E-state index contributed by atoms with van der Waals surface area (Å²) >= 11 is 1.62. The minimum Gasteiger partial charge on any atom is -0.207 e. The minimum atomic E-state index is -7.22. The number of hydrogen-bond donors (Lipinski definition) is 0. The fraction of sp³-hybridized carbons (Fsp3) is 0.0256. The number of nitrogens with zero attached hydrogens (tertiary/aromatic N) is 2. The molecule has 0 aliphatic rings. The van der Waals surface area contributed by atoms with E-state index in [2.05, 4.69) is 34.3 Å². The van der Waals surface area contributed by atoms with Gasteiger partial charge in [0.25, 0.3) is 0 Å². The van der Waals surface area contributed by atoms with Gasteiger partial charge >= 0.3 is 0 Å². The van der Waals surface area contributed by atoms with Gasteiger partial charge in [-0.25, -0.2) is 87.8 Å². The molecule has 326 valence electrons. The average Bonchev–Trinajstić information content (AvgIpc) is 3.69. The smallest absolute Gasteiger partial charge is 0.207 e. The van der Waals surface area contributed by atoms with Crippen molar-refractivity contribution in [3.8, 4) is 6.07 Å².